The van der Waals surface area contributed by atoms with Crippen LogP contribution in [0.2, 0.25) is 0 Å². The van der Waals surface area contributed by atoms with E-state index in [2.05, 4.69) is 10.3 Å². The SMILES string of the molecule is Cn1c2c(cc(C(=O)NCCc3nc4c(s3)CCC4)c1=O)CCCC2. The fourth-order valence-electron chi connectivity index (χ4n) is 3.88. The summed E-state index contributed by atoms with van der Waals surface area (Å²) in [6, 6.07) is 1.81. The molecule has 1 N–H and O–H groups in total. The van der Waals surface area contributed by atoms with E-state index in [1.807, 2.05) is 6.07 Å². The molecule has 0 fully saturated rings. The Morgan fingerprint density at radius 3 is 2.92 bits per heavy atom. The number of nitrogens with one attached hydrogen (secondary N) is 1. The largest absolute Gasteiger partial charge is 0.351 e. The minimum Gasteiger partial charge on any atom is -0.351 e. The van der Waals surface area contributed by atoms with E-state index in [0.717, 1.165) is 61.2 Å². The lowest BCUT2D eigenvalue weighted by atomic mass is 9.94. The second kappa shape index (κ2) is 6.75. The molecule has 0 spiro atoms. The smallest absolute Gasteiger partial charge is 0.263 e. The molecule has 0 unspecified atom stereocenters. The van der Waals surface area contributed by atoms with E-state index < -0.39 is 0 Å². The third kappa shape index (κ3) is 3.15. The van der Waals surface area contributed by atoms with Crippen LogP contribution in [0.3, 0.4) is 0 Å². The van der Waals surface area contributed by atoms with Crippen LogP contribution in [-0.4, -0.2) is 22.0 Å². The van der Waals surface area contributed by atoms with Crippen molar-refractivity contribution in [2.75, 3.05) is 6.54 Å². The van der Waals surface area contributed by atoms with Gasteiger partial charge in [-0.25, -0.2) is 4.98 Å². The molecule has 0 saturated heterocycles. The Morgan fingerprint density at radius 1 is 1.24 bits per heavy atom. The van der Waals surface area contributed by atoms with Crippen molar-refractivity contribution in [2.24, 2.45) is 7.05 Å². The lowest BCUT2D eigenvalue weighted by Gasteiger charge is -2.20. The minimum atomic E-state index is -0.266. The van der Waals surface area contributed by atoms with Gasteiger partial charge in [0.2, 0.25) is 0 Å². The average Bonchev–Trinajstić information content (AvgIpc) is 3.19. The number of amides is 1. The first-order valence-electron chi connectivity index (χ1n) is 9.11. The topological polar surface area (TPSA) is 64.0 Å². The Balaban J connectivity index is 1.44. The van der Waals surface area contributed by atoms with Gasteiger partial charge in [0.15, 0.2) is 0 Å². The molecule has 0 atom stereocenters. The molecule has 1 amide bonds. The highest BCUT2D eigenvalue weighted by atomic mass is 32.1. The Kier molecular flexibility index (Phi) is 4.46. The van der Waals surface area contributed by atoms with Crippen molar-refractivity contribution in [2.45, 2.75) is 51.4 Å². The van der Waals surface area contributed by atoms with Gasteiger partial charge in [0.25, 0.3) is 11.5 Å². The van der Waals surface area contributed by atoms with Crippen LogP contribution in [0.25, 0.3) is 0 Å². The van der Waals surface area contributed by atoms with Crippen molar-refractivity contribution in [1.29, 1.82) is 0 Å². The fraction of sp³-hybridized carbons (Fsp3) is 0.526. The third-order valence-corrected chi connectivity index (χ3v) is 6.47. The van der Waals surface area contributed by atoms with Crippen molar-refractivity contribution in [1.82, 2.24) is 14.9 Å². The van der Waals surface area contributed by atoms with Gasteiger partial charge >= 0.3 is 0 Å². The van der Waals surface area contributed by atoms with Crippen LogP contribution in [0.1, 0.15) is 56.5 Å². The molecule has 2 aromatic rings. The highest BCUT2D eigenvalue weighted by molar-refractivity contribution is 7.11. The molecule has 2 aliphatic carbocycles. The Morgan fingerprint density at radius 2 is 2.08 bits per heavy atom. The molecule has 2 aromatic heterocycles. The van der Waals surface area contributed by atoms with Crippen LogP contribution < -0.4 is 10.9 Å². The molecule has 0 aromatic carbocycles. The van der Waals surface area contributed by atoms with Gasteiger partial charge in [-0.2, -0.15) is 0 Å². The number of carbonyl (C=O) groups is 1. The summed E-state index contributed by atoms with van der Waals surface area (Å²) in [4.78, 5) is 31.1. The molecule has 5 nitrogen and oxygen atoms in total. The number of carbonyl (C=O) groups excluding carboxylic acids is 1. The number of pyridine rings is 1. The maximum Gasteiger partial charge on any atom is 0.263 e. The molecule has 132 valence electrons. The van der Waals surface area contributed by atoms with Crippen LogP contribution in [0.5, 0.6) is 0 Å². The van der Waals surface area contributed by atoms with Gasteiger partial charge in [0.1, 0.15) is 5.56 Å². The second-order valence-corrected chi connectivity index (χ2v) is 8.11. The summed E-state index contributed by atoms with van der Waals surface area (Å²) >= 11 is 1.77. The van der Waals surface area contributed by atoms with Crippen LogP contribution >= 0.6 is 11.3 Å². The maximum absolute atomic E-state index is 12.5. The van der Waals surface area contributed by atoms with Gasteiger partial charge in [-0.15, -0.1) is 11.3 Å². The summed E-state index contributed by atoms with van der Waals surface area (Å²) in [6.45, 7) is 0.519. The van der Waals surface area contributed by atoms with Gasteiger partial charge in [0, 0.05) is 30.6 Å². The molecule has 2 aliphatic rings. The van der Waals surface area contributed by atoms with Crippen molar-refractivity contribution in [3.8, 4) is 0 Å². The first kappa shape index (κ1) is 16.5. The zero-order chi connectivity index (χ0) is 17.4. The zero-order valence-corrected chi connectivity index (χ0v) is 15.4. The number of hydrogen-bond acceptors (Lipinski definition) is 4. The molecule has 4 rings (SSSR count). The summed E-state index contributed by atoms with van der Waals surface area (Å²) in [6.07, 6.45) is 8.30. The molecular weight excluding hydrogens is 334 g/mol. The Hall–Kier alpha value is -1.95. The number of nitrogens with zero attached hydrogens (tertiary/aromatic N) is 2. The van der Waals surface area contributed by atoms with Crippen molar-refractivity contribution in [3.05, 3.63) is 48.8 Å². The first-order valence-corrected chi connectivity index (χ1v) is 9.92. The number of aryl methyl sites for hydroxylation is 3. The van der Waals surface area contributed by atoms with E-state index in [4.69, 9.17) is 0 Å². The first-order chi connectivity index (χ1) is 12.1. The molecule has 0 saturated carbocycles. The fourth-order valence-corrected chi connectivity index (χ4v) is 5.04. The predicted molar refractivity (Wildman–Crippen MR) is 98.5 cm³/mol. The average molecular weight is 357 g/mol. The molecule has 0 aliphatic heterocycles. The highest BCUT2D eigenvalue weighted by Crippen LogP contribution is 2.27. The van der Waals surface area contributed by atoms with Gasteiger partial charge in [-0.1, -0.05) is 0 Å². The summed E-state index contributed by atoms with van der Waals surface area (Å²) in [5.41, 5.74) is 3.56. The van der Waals surface area contributed by atoms with Gasteiger partial charge < -0.3 is 9.88 Å². The molecular formula is C19H23N3O2S. The summed E-state index contributed by atoms with van der Waals surface area (Å²) in [7, 11) is 1.78. The number of aromatic nitrogens is 2. The lowest BCUT2D eigenvalue weighted by molar-refractivity contribution is 0.0952. The Labute approximate surface area is 151 Å². The zero-order valence-electron chi connectivity index (χ0n) is 14.6. The quantitative estimate of drug-likeness (QED) is 0.912. The molecule has 0 radical (unpaired) electrons. The second-order valence-electron chi connectivity index (χ2n) is 6.94. The van der Waals surface area contributed by atoms with Crippen molar-refractivity contribution in [3.63, 3.8) is 0 Å². The standard InChI is InChI=1S/C19H23N3O2S/c1-22-15-7-3-2-5-12(15)11-13(19(22)24)18(23)20-10-9-17-21-14-6-4-8-16(14)25-17/h11H,2-10H2,1H3,(H,20,23). The van der Waals surface area contributed by atoms with Gasteiger partial charge in [0.05, 0.1) is 10.7 Å². The Bertz CT molecular complexity index is 860. The van der Waals surface area contributed by atoms with Crippen LogP contribution in [0.4, 0.5) is 0 Å². The summed E-state index contributed by atoms with van der Waals surface area (Å²) in [5.74, 6) is -0.266. The normalized spacial score (nSPS) is 15.7. The minimum absolute atomic E-state index is 0.189. The lowest BCUT2D eigenvalue weighted by Crippen LogP contribution is -2.35. The summed E-state index contributed by atoms with van der Waals surface area (Å²) < 4.78 is 1.66. The number of rotatable bonds is 4. The molecule has 0 bridgehead atoms. The molecule has 25 heavy (non-hydrogen) atoms. The third-order valence-electron chi connectivity index (χ3n) is 5.25. The van der Waals surface area contributed by atoms with Crippen molar-refractivity contribution < 1.29 is 4.79 Å². The van der Waals surface area contributed by atoms with E-state index in [-0.39, 0.29) is 17.0 Å². The molecule has 6 heteroatoms. The van der Waals surface area contributed by atoms with E-state index in [0.29, 0.717) is 6.54 Å². The number of fused-ring (bicyclic) bond motifs is 2. The van der Waals surface area contributed by atoms with Crippen LogP contribution in [0, 0.1) is 0 Å². The van der Waals surface area contributed by atoms with E-state index >= 15 is 0 Å². The highest BCUT2D eigenvalue weighted by Gasteiger charge is 2.20. The summed E-state index contributed by atoms with van der Waals surface area (Å²) in [5, 5.41) is 3.99. The predicted octanol–water partition coefficient (Wildman–Crippen LogP) is 2.18. The number of hydrogen-bond donors (Lipinski definition) is 1. The number of thiazole rings is 1. The van der Waals surface area contributed by atoms with Gasteiger partial charge in [-0.05, 0) is 56.6 Å². The van der Waals surface area contributed by atoms with Crippen LogP contribution in [0.15, 0.2) is 10.9 Å². The van der Waals surface area contributed by atoms with E-state index in [1.54, 1.807) is 23.0 Å². The maximum atomic E-state index is 12.5. The van der Waals surface area contributed by atoms with E-state index in [1.165, 1.54) is 17.0 Å². The monoisotopic (exact) mass is 357 g/mol. The van der Waals surface area contributed by atoms with Crippen LogP contribution in [-0.2, 0) is 39.2 Å². The van der Waals surface area contributed by atoms with E-state index in [9.17, 15) is 9.59 Å². The van der Waals surface area contributed by atoms with Gasteiger partial charge in [-0.3, -0.25) is 9.59 Å². The van der Waals surface area contributed by atoms with Crippen molar-refractivity contribution >= 4 is 17.2 Å². The molecule has 2 heterocycles.